The summed E-state index contributed by atoms with van der Waals surface area (Å²) in [6, 6.07) is 5.52. The minimum atomic E-state index is -0.697. The predicted molar refractivity (Wildman–Crippen MR) is 71.8 cm³/mol. The molecule has 0 amide bonds. The van der Waals surface area contributed by atoms with Crippen LogP contribution < -0.4 is 9.47 Å². The number of ether oxygens (including phenoxy) is 2. The standard InChI is InChI=1S/C13H10ClFN4O2/c1-2-6-20-12-17-11(14)18-13(19-12)21-10-5-3-4-9(15)8(10)7-16/h3-5H,2,6H2,1H3. The van der Waals surface area contributed by atoms with E-state index in [9.17, 15) is 4.39 Å². The molecule has 108 valence electrons. The van der Waals surface area contributed by atoms with Crippen molar-refractivity contribution in [1.29, 1.82) is 5.26 Å². The average Bonchev–Trinajstić information content (AvgIpc) is 2.45. The highest BCUT2D eigenvalue weighted by Crippen LogP contribution is 2.25. The van der Waals surface area contributed by atoms with Gasteiger partial charge in [-0.15, -0.1) is 4.98 Å². The summed E-state index contributed by atoms with van der Waals surface area (Å²) >= 11 is 5.74. The molecular weight excluding hydrogens is 299 g/mol. The summed E-state index contributed by atoms with van der Waals surface area (Å²) in [5, 5.41) is 8.80. The van der Waals surface area contributed by atoms with Gasteiger partial charge in [0.25, 0.3) is 0 Å². The maximum Gasteiger partial charge on any atom is 0.329 e. The Hall–Kier alpha value is -2.46. The Morgan fingerprint density at radius 3 is 2.76 bits per heavy atom. The zero-order valence-corrected chi connectivity index (χ0v) is 11.8. The largest absolute Gasteiger partial charge is 0.463 e. The normalized spacial score (nSPS) is 10.0. The van der Waals surface area contributed by atoms with Crippen molar-refractivity contribution in [3.8, 4) is 23.8 Å². The van der Waals surface area contributed by atoms with Gasteiger partial charge in [-0.05, 0) is 30.2 Å². The molecule has 21 heavy (non-hydrogen) atoms. The fourth-order valence-corrected chi connectivity index (χ4v) is 1.56. The first kappa shape index (κ1) is 14.9. The lowest BCUT2D eigenvalue weighted by molar-refractivity contribution is 0.284. The van der Waals surface area contributed by atoms with Crippen molar-refractivity contribution in [2.75, 3.05) is 6.61 Å². The van der Waals surface area contributed by atoms with E-state index in [1.165, 1.54) is 12.1 Å². The number of rotatable bonds is 5. The van der Waals surface area contributed by atoms with Crippen LogP contribution in [0.15, 0.2) is 18.2 Å². The van der Waals surface area contributed by atoms with Crippen LogP contribution >= 0.6 is 11.6 Å². The zero-order chi connectivity index (χ0) is 15.2. The number of hydrogen-bond donors (Lipinski definition) is 0. The summed E-state index contributed by atoms with van der Waals surface area (Å²) in [5.41, 5.74) is -0.245. The van der Waals surface area contributed by atoms with Crippen molar-refractivity contribution in [2.24, 2.45) is 0 Å². The van der Waals surface area contributed by atoms with Gasteiger partial charge >= 0.3 is 12.0 Å². The van der Waals surface area contributed by atoms with Gasteiger partial charge in [-0.2, -0.15) is 15.2 Å². The van der Waals surface area contributed by atoms with Crippen LogP contribution in [-0.4, -0.2) is 21.6 Å². The lowest BCUT2D eigenvalue weighted by Gasteiger charge is -2.07. The summed E-state index contributed by atoms with van der Waals surface area (Å²) in [6.07, 6.45) is 0.766. The van der Waals surface area contributed by atoms with E-state index in [0.29, 0.717) is 6.61 Å². The Labute approximate surface area is 125 Å². The molecule has 0 spiro atoms. The molecule has 1 aromatic carbocycles. The fourth-order valence-electron chi connectivity index (χ4n) is 1.41. The van der Waals surface area contributed by atoms with Gasteiger partial charge in [-0.3, -0.25) is 0 Å². The highest BCUT2D eigenvalue weighted by atomic mass is 35.5. The van der Waals surface area contributed by atoms with Crippen LogP contribution in [0.1, 0.15) is 18.9 Å². The first-order valence-corrected chi connectivity index (χ1v) is 6.42. The molecule has 0 atom stereocenters. The maximum absolute atomic E-state index is 13.5. The molecule has 2 aromatic rings. The Morgan fingerprint density at radius 1 is 1.29 bits per heavy atom. The first-order chi connectivity index (χ1) is 10.1. The van der Waals surface area contributed by atoms with Gasteiger partial charge < -0.3 is 9.47 Å². The van der Waals surface area contributed by atoms with E-state index >= 15 is 0 Å². The summed E-state index contributed by atoms with van der Waals surface area (Å²) in [6.45, 7) is 2.33. The van der Waals surface area contributed by atoms with Crippen molar-refractivity contribution in [3.63, 3.8) is 0 Å². The second-order valence-corrected chi connectivity index (χ2v) is 4.18. The lowest BCUT2D eigenvalue weighted by atomic mass is 10.2. The van der Waals surface area contributed by atoms with Crippen molar-refractivity contribution in [1.82, 2.24) is 15.0 Å². The third kappa shape index (κ3) is 3.77. The van der Waals surface area contributed by atoms with Crippen molar-refractivity contribution in [3.05, 3.63) is 34.9 Å². The zero-order valence-electron chi connectivity index (χ0n) is 11.0. The van der Waals surface area contributed by atoms with Crippen LogP contribution in [0.5, 0.6) is 17.8 Å². The highest BCUT2D eigenvalue weighted by Gasteiger charge is 2.13. The molecule has 0 saturated heterocycles. The molecular formula is C13H10ClFN4O2. The van der Waals surface area contributed by atoms with Gasteiger partial charge in [0.1, 0.15) is 17.4 Å². The molecule has 1 heterocycles. The Balaban J connectivity index is 2.30. The second kappa shape index (κ2) is 6.81. The van der Waals surface area contributed by atoms with Gasteiger partial charge in [0.05, 0.1) is 6.61 Å². The van der Waals surface area contributed by atoms with Crippen LogP contribution in [0.4, 0.5) is 4.39 Å². The molecule has 0 aliphatic carbocycles. The lowest BCUT2D eigenvalue weighted by Crippen LogP contribution is -2.03. The van der Waals surface area contributed by atoms with E-state index in [1.54, 1.807) is 6.07 Å². The molecule has 1 aromatic heterocycles. The Bertz CT molecular complexity index is 690. The molecule has 0 unspecified atom stereocenters. The SMILES string of the molecule is CCCOc1nc(Cl)nc(Oc2cccc(F)c2C#N)n1. The average molecular weight is 309 g/mol. The second-order valence-electron chi connectivity index (χ2n) is 3.84. The van der Waals surface area contributed by atoms with E-state index < -0.39 is 5.82 Å². The summed E-state index contributed by atoms with van der Waals surface area (Å²) < 4.78 is 24.0. The van der Waals surface area contributed by atoms with E-state index in [4.69, 9.17) is 26.3 Å². The van der Waals surface area contributed by atoms with Crippen LogP contribution in [0.2, 0.25) is 5.28 Å². The highest BCUT2D eigenvalue weighted by molar-refractivity contribution is 6.28. The van der Waals surface area contributed by atoms with E-state index in [2.05, 4.69) is 15.0 Å². The molecule has 6 nitrogen and oxygen atoms in total. The third-order valence-electron chi connectivity index (χ3n) is 2.29. The number of halogens is 2. The number of nitriles is 1. The molecule has 0 N–H and O–H groups in total. The van der Waals surface area contributed by atoms with Gasteiger partial charge in [0.2, 0.25) is 5.28 Å². The van der Waals surface area contributed by atoms with Gasteiger partial charge in [-0.1, -0.05) is 13.0 Å². The Morgan fingerprint density at radius 2 is 2.05 bits per heavy atom. The van der Waals surface area contributed by atoms with Gasteiger partial charge in [0.15, 0.2) is 5.75 Å². The van der Waals surface area contributed by atoms with Gasteiger partial charge in [-0.25, -0.2) is 4.39 Å². The van der Waals surface area contributed by atoms with Crippen molar-refractivity contribution in [2.45, 2.75) is 13.3 Å². The fraction of sp³-hybridized carbons (Fsp3) is 0.231. The third-order valence-corrected chi connectivity index (χ3v) is 2.46. The molecule has 0 radical (unpaired) electrons. The van der Waals surface area contributed by atoms with E-state index in [-0.39, 0.29) is 28.6 Å². The van der Waals surface area contributed by atoms with Crippen LogP contribution in [-0.2, 0) is 0 Å². The quantitative estimate of drug-likeness (QED) is 0.844. The number of hydrogen-bond acceptors (Lipinski definition) is 6. The first-order valence-electron chi connectivity index (χ1n) is 6.05. The number of nitrogens with zero attached hydrogens (tertiary/aromatic N) is 4. The Kier molecular flexibility index (Phi) is 4.85. The maximum atomic E-state index is 13.5. The summed E-state index contributed by atoms with van der Waals surface area (Å²) in [4.78, 5) is 11.4. The summed E-state index contributed by atoms with van der Waals surface area (Å²) in [5.74, 6) is -0.709. The van der Waals surface area contributed by atoms with Crippen LogP contribution in [0, 0.1) is 17.1 Å². The monoisotopic (exact) mass is 308 g/mol. The van der Waals surface area contributed by atoms with E-state index in [0.717, 1.165) is 12.5 Å². The molecule has 0 saturated carbocycles. The molecule has 0 aliphatic heterocycles. The predicted octanol–water partition coefficient (Wildman–Crippen LogP) is 3.12. The molecule has 8 heteroatoms. The van der Waals surface area contributed by atoms with Crippen LogP contribution in [0.3, 0.4) is 0 Å². The van der Waals surface area contributed by atoms with Gasteiger partial charge in [0, 0.05) is 0 Å². The molecule has 0 fully saturated rings. The van der Waals surface area contributed by atoms with E-state index in [1.807, 2.05) is 6.92 Å². The molecule has 0 bridgehead atoms. The van der Waals surface area contributed by atoms with Crippen LogP contribution in [0.25, 0.3) is 0 Å². The number of benzene rings is 1. The smallest absolute Gasteiger partial charge is 0.329 e. The topological polar surface area (TPSA) is 80.9 Å². The van der Waals surface area contributed by atoms with Crippen molar-refractivity contribution < 1.29 is 13.9 Å². The molecule has 2 rings (SSSR count). The minimum Gasteiger partial charge on any atom is -0.463 e. The van der Waals surface area contributed by atoms with Crippen molar-refractivity contribution >= 4 is 11.6 Å². The number of aromatic nitrogens is 3. The minimum absolute atomic E-state index is 0.00163. The molecule has 0 aliphatic rings. The summed E-state index contributed by atoms with van der Waals surface area (Å²) in [7, 11) is 0.